The highest BCUT2D eigenvalue weighted by molar-refractivity contribution is 9.10. The Hall–Kier alpha value is -1.40. The van der Waals surface area contributed by atoms with E-state index in [4.69, 9.17) is 0 Å². The smallest absolute Gasteiger partial charge is 0.263 e. The van der Waals surface area contributed by atoms with Crippen LogP contribution in [0.2, 0.25) is 0 Å². The fourth-order valence-corrected chi connectivity index (χ4v) is 4.77. The van der Waals surface area contributed by atoms with Gasteiger partial charge in [-0.1, -0.05) is 34.1 Å². The molecule has 21 heavy (non-hydrogen) atoms. The Morgan fingerprint density at radius 2 is 1.95 bits per heavy atom. The molecule has 3 nitrogen and oxygen atoms in total. The monoisotopic (exact) mass is 369 g/mol. The number of nitrogens with zero attached hydrogens (tertiary/aromatic N) is 1. The van der Waals surface area contributed by atoms with Crippen LogP contribution in [0.1, 0.15) is 12.5 Å². The Morgan fingerprint density at radius 3 is 2.67 bits per heavy atom. The zero-order valence-electron chi connectivity index (χ0n) is 11.3. The van der Waals surface area contributed by atoms with Crippen molar-refractivity contribution in [2.45, 2.75) is 24.3 Å². The Bertz CT molecular complexity index is 807. The molecule has 0 saturated carbocycles. The summed E-state index contributed by atoms with van der Waals surface area (Å²) < 4.78 is 41.5. The van der Waals surface area contributed by atoms with Gasteiger partial charge in [-0.2, -0.15) is 0 Å². The molecule has 0 aliphatic carbocycles. The molecule has 6 heteroatoms. The number of para-hydroxylation sites is 1. The van der Waals surface area contributed by atoms with Crippen molar-refractivity contribution in [3.63, 3.8) is 0 Å². The molecule has 1 aliphatic heterocycles. The van der Waals surface area contributed by atoms with Crippen LogP contribution >= 0.6 is 15.9 Å². The first kappa shape index (κ1) is 14.5. The van der Waals surface area contributed by atoms with Gasteiger partial charge in [0.15, 0.2) is 0 Å². The molecule has 2 aromatic rings. The fourth-order valence-electron chi connectivity index (χ4n) is 2.69. The van der Waals surface area contributed by atoms with E-state index in [-0.39, 0.29) is 10.9 Å². The second-order valence-electron chi connectivity index (χ2n) is 5.06. The predicted octanol–water partition coefficient (Wildman–Crippen LogP) is 3.73. The van der Waals surface area contributed by atoms with Gasteiger partial charge in [0.05, 0.1) is 5.69 Å². The summed E-state index contributed by atoms with van der Waals surface area (Å²) in [5, 5.41) is 0. The molecule has 0 radical (unpaired) electrons. The van der Waals surface area contributed by atoms with E-state index in [1.807, 2.05) is 19.1 Å². The van der Waals surface area contributed by atoms with Crippen LogP contribution in [-0.2, 0) is 16.4 Å². The van der Waals surface area contributed by atoms with Crippen LogP contribution < -0.4 is 4.31 Å². The third kappa shape index (κ3) is 2.36. The number of rotatable bonds is 2. The Kier molecular flexibility index (Phi) is 3.53. The molecule has 0 N–H and O–H groups in total. The van der Waals surface area contributed by atoms with Gasteiger partial charge in [-0.3, -0.25) is 4.31 Å². The molecule has 1 unspecified atom stereocenters. The van der Waals surface area contributed by atoms with Crippen LogP contribution in [0.3, 0.4) is 0 Å². The van der Waals surface area contributed by atoms with Crippen LogP contribution in [-0.4, -0.2) is 14.5 Å². The number of halogens is 2. The summed E-state index contributed by atoms with van der Waals surface area (Å²) in [5.74, 6) is -0.749. The molecule has 0 saturated heterocycles. The molecule has 0 amide bonds. The normalized spacial score (nSPS) is 17.9. The third-order valence-corrected chi connectivity index (χ3v) is 6.03. The predicted molar refractivity (Wildman–Crippen MR) is 83.4 cm³/mol. The van der Waals surface area contributed by atoms with Gasteiger partial charge < -0.3 is 0 Å². The maximum atomic E-state index is 14.1. The zero-order chi connectivity index (χ0) is 15.2. The summed E-state index contributed by atoms with van der Waals surface area (Å²) in [5.41, 5.74) is 1.60. The minimum atomic E-state index is -3.91. The second kappa shape index (κ2) is 5.10. The minimum absolute atomic E-state index is 0.226. The highest BCUT2D eigenvalue weighted by Gasteiger charge is 2.37. The zero-order valence-corrected chi connectivity index (χ0v) is 13.7. The number of hydrogen-bond acceptors (Lipinski definition) is 2. The van der Waals surface area contributed by atoms with E-state index in [0.717, 1.165) is 5.56 Å². The van der Waals surface area contributed by atoms with Crippen LogP contribution in [0.25, 0.3) is 0 Å². The number of fused-ring (bicyclic) bond motifs is 1. The van der Waals surface area contributed by atoms with Gasteiger partial charge in [-0.05, 0) is 43.2 Å². The number of sulfonamides is 1. The third-order valence-electron chi connectivity index (χ3n) is 3.58. The van der Waals surface area contributed by atoms with Crippen molar-refractivity contribution in [3.05, 3.63) is 58.3 Å². The molecular formula is C15H13BrFNO2S. The average molecular weight is 370 g/mol. The highest BCUT2D eigenvalue weighted by atomic mass is 79.9. The van der Waals surface area contributed by atoms with Gasteiger partial charge in [-0.25, -0.2) is 12.8 Å². The highest BCUT2D eigenvalue weighted by Crippen LogP contribution is 2.37. The summed E-state index contributed by atoms with van der Waals surface area (Å²) in [6.07, 6.45) is 0.632. The van der Waals surface area contributed by atoms with Crippen LogP contribution in [0.5, 0.6) is 0 Å². The maximum Gasteiger partial charge on any atom is 0.267 e. The topological polar surface area (TPSA) is 37.4 Å². The molecule has 0 fully saturated rings. The molecule has 1 heterocycles. The lowest BCUT2D eigenvalue weighted by Gasteiger charge is -2.24. The largest absolute Gasteiger partial charge is 0.267 e. The van der Waals surface area contributed by atoms with Gasteiger partial charge in [0.1, 0.15) is 10.7 Å². The van der Waals surface area contributed by atoms with Gasteiger partial charge in [-0.15, -0.1) is 0 Å². The van der Waals surface area contributed by atoms with Gasteiger partial charge in [0, 0.05) is 10.5 Å². The van der Waals surface area contributed by atoms with Crippen LogP contribution in [0.4, 0.5) is 10.1 Å². The molecule has 1 atom stereocenters. The summed E-state index contributed by atoms with van der Waals surface area (Å²) in [6.45, 7) is 1.83. The molecule has 0 spiro atoms. The first-order valence-corrected chi connectivity index (χ1v) is 8.72. The summed E-state index contributed by atoms with van der Waals surface area (Å²) in [4.78, 5) is -0.297. The van der Waals surface area contributed by atoms with E-state index in [2.05, 4.69) is 15.9 Å². The van der Waals surface area contributed by atoms with Gasteiger partial charge >= 0.3 is 0 Å². The van der Waals surface area contributed by atoms with Crippen molar-refractivity contribution in [2.24, 2.45) is 0 Å². The Balaban J connectivity index is 2.15. The summed E-state index contributed by atoms with van der Waals surface area (Å²) in [6, 6.07) is 11.1. The number of anilines is 1. The average Bonchev–Trinajstić information content (AvgIpc) is 2.74. The van der Waals surface area contributed by atoms with E-state index >= 15 is 0 Å². The molecule has 1 aliphatic rings. The first-order valence-electron chi connectivity index (χ1n) is 6.48. The standard InChI is InChI=1S/C15H13BrFNO2S/c1-10-8-11-4-2-3-5-14(11)18(10)21(19,20)15-7-6-12(16)9-13(15)17/h2-7,9-10H,8H2,1H3. The lowest BCUT2D eigenvalue weighted by Crippen LogP contribution is -2.36. The van der Waals surface area contributed by atoms with Crippen LogP contribution in [0, 0.1) is 5.82 Å². The van der Waals surface area contributed by atoms with Crippen molar-refractivity contribution < 1.29 is 12.8 Å². The molecule has 0 bridgehead atoms. The lowest BCUT2D eigenvalue weighted by atomic mass is 10.1. The summed E-state index contributed by atoms with van der Waals surface area (Å²) in [7, 11) is -3.91. The van der Waals surface area contributed by atoms with Crippen LogP contribution in [0.15, 0.2) is 51.8 Å². The quantitative estimate of drug-likeness (QED) is 0.808. The van der Waals surface area contributed by atoms with Gasteiger partial charge in [0.2, 0.25) is 0 Å². The molecule has 0 aromatic heterocycles. The van der Waals surface area contributed by atoms with Crippen molar-refractivity contribution in [3.8, 4) is 0 Å². The van der Waals surface area contributed by atoms with Gasteiger partial charge in [0.25, 0.3) is 10.0 Å². The van der Waals surface area contributed by atoms with Crippen molar-refractivity contribution in [1.29, 1.82) is 0 Å². The molecule has 3 rings (SSSR count). The fraction of sp³-hybridized carbons (Fsp3) is 0.200. The van der Waals surface area contributed by atoms with E-state index in [1.165, 1.54) is 22.5 Å². The maximum absolute atomic E-state index is 14.1. The molecule has 110 valence electrons. The molecule has 2 aromatic carbocycles. The minimum Gasteiger partial charge on any atom is -0.263 e. The van der Waals surface area contributed by atoms with Crippen molar-refractivity contribution >= 4 is 31.6 Å². The van der Waals surface area contributed by atoms with E-state index in [0.29, 0.717) is 16.6 Å². The van der Waals surface area contributed by atoms with E-state index in [1.54, 1.807) is 12.1 Å². The second-order valence-corrected chi connectivity index (χ2v) is 7.76. The lowest BCUT2D eigenvalue weighted by molar-refractivity contribution is 0.559. The number of benzene rings is 2. The Labute approximate surface area is 131 Å². The van der Waals surface area contributed by atoms with Crippen molar-refractivity contribution in [1.82, 2.24) is 0 Å². The van der Waals surface area contributed by atoms with E-state index in [9.17, 15) is 12.8 Å². The van der Waals surface area contributed by atoms with E-state index < -0.39 is 15.8 Å². The SMILES string of the molecule is CC1Cc2ccccc2N1S(=O)(=O)c1ccc(Br)cc1F. The first-order chi connectivity index (χ1) is 9.91. The number of hydrogen-bond donors (Lipinski definition) is 0. The molecular weight excluding hydrogens is 357 g/mol. The Morgan fingerprint density at radius 1 is 1.24 bits per heavy atom. The summed E-state index contributed by atoms with van der Waals surface area (Å²) >= 11 is 3.14. The van der Waals surface area contributed by atoms with Crippen molar-refractivity contribution in [2.75, 3.05) is 4.31 Å².